The van der Waals surface area contributed by atoms with Crippen molar-refractivity contribution in [2.45, 2.75) is 13.8 Å². The minimum absolute atomic E-state index is 0.227. The second kappa shape index (κ2) is 3.94. The lowest BCUT2D eigenvalue weighted by atomic mass is 10.1. The highest BCUT2D eigenvalue weighted by atomic mass is 32.1. The van der Waals surface area contributed by atoms with Gasteiger partial charge in [-0.3, -0.25) is 0 Å². The molecule has 0 saturated carbocycles. The van der Waals surface area contributed by atoms with E-state index >= 15 is 0 Å². The first-order valence-corrected chi connectivity index (χ1v) is 5.72. The molecule has 1 aromatic carbocycles. The zero-order chi connectivity index (χ0) is 11.9. The largest absolute Gasteiger partial charge is 0.495 e. The zero-order valence-corrected chi connectivity index (χ0v) is 10.5. The lowest BCUT2D eigenvalue weighted by Gasteiger charge is -2.07. The SMILES string of the molecule is COc1cc(OC)c2sc(C)c(C)c2c1F. The number of halogens is 1. The normalized spacial score (nSPS) is 10.8. The van der Waals surface area contributed by atoms with Gasteiger partial charge in [0.2, 0.25) is 0 Å². The van der Waals surface area contributed by atoms with Gasteiger partial charge in [0.05, 0.1) is 18.9 Å². The Hall–Kier alpha value is -1.29. The van der Waals surface area contributed by atoms with E-state index in [9.17, 15) is 4.39 Å². The molecule has 0 radical (unpaired) electrons. The van der Waals surface area contributed by atoms with Crippen molar-refractivity contribution >= 4 is 21.4 Å². The Morgan fingerprint density at radius 2 is 1.75 bits per heavy atom. The van der Waals surface area contributed by atoms with E-state index in [1.165, 1.54) is 7.11 Å². The third-order valence-corrected chi connectivity index (χ3v) is 3.97. The lowest BCUT2D eigenvalue weighted by Crippen LogP contribution is -1.92. The summed E-state index contributed by atoms with van der Waals surface area (Å²) in [7, 11) is 3.04. The first-order chi connectivity index (χ1) is 7.60. The van der Waals surface area contributed by atoms with Gasteiger partial charge in [-0.2, -0.15) is 0 Å². The van der Waals surface area contributed by atoms with Crippen molar-refractivity contribution < 1.29 is 13.9 Å². The van der Waals surface area contributed by atoms with E-state index in [1.54, 1.807) is 24.5 Å². The van der Waals surface area contributed by atoms with Crippen LogP contribution in [0.2, 0.25) is 0 Å². The highest BCUT2D eigenvalue weighted by Gasteiger charge is 2.18. The van der Waals surface area contributed by atoms with Crippen LogP contribution in [-0.2, 0) is 0 Å². The van der Waals surface area contributed by atoms with Crippen LogP contribution in [0, 0.1) is 19.7 Å². The van der Waals surface area contributed by atoms with Crippen molar-refractivity contribution in [2.75, 3.05) is 14.2 Å². The van der Waals surface area contributed by atoms with E-state index < -0.39 is 0 Å². The Bertz CT molecular complexity index is 546. The molecule has 0 atom stereocenters. The van der Waals surface area contributed by atoms with Gasteiger partial charge in [0.25, 0.3) is 0 Å². The fourth-order valence-electron chi connectivity index (χ4n) is 1.74. The van der Waals surface area contributed by atoms with Crippen molar-refractivity contribution in [2.24, 2.45) is 0 Å². The molecule has 2 rings (SSSR count). The van der Waals surface area contributed by atoms with Crippen LogP contribution in [0.5, 0.6) is 11.5 Å². The van der Waals surface area contributed by atoms with E-state index in [0.717, 1.165) is 15.1 Å². The Labute approximate surface area is 97.6 Å². The van der Waals surface area contributed by atoms with Gasteiger partial charge in [0, 0.05) is 16.3 Å². The molecule has 0 aliphatic heterocycles. The van der Waals surface area contributed by atoms with Crippen LogP contribution in [0.25, 0.3) is 10.1 Å². The maximum Gasteiger partial charge on any atom is 0.174 e. The second-order valence-electron chi connectivity index (χ2n) is 3.58. The van der Waals surface area contributed by atoms with E-state index in [2.05, 4.69) is 0 Å². The molecule has 0 spiro atoms. The molecule has 1 heterocycles. The molecular weight excluding hydrogens is 227 g/mol. The quantitative estimate of drug-likeness (QED) is 0.797. The van der Waals surface area contributed by atoms with Gasteiger partial charge < -0.3 is 9.47 Å². The maximum atomic E-state index is 14.1. The first kappa shape index (κ1) is 11.2. The van der Waals surface area contributed by atoms with Gasteiger partial charge in [-0.25, -0.2) is 4.39 Å². The number of fused-ring (bicyclic) bond motifs is 1. The van der Waals surface area contributed by atoms with Crippen molar-refractivity contribution in [1.29, 1.82) is 0 Å². The average molecular weight is 240 g/mol. The topological polar surface area (TPSA) is 18.5 Å². The molecule has 0 aliphatic carbocycles. The molecule has 86 valence electrons. The first-order valence-electron chi connectivity index (χ1n) is 4.90. The average Bonchev–Trinajstić information content (AvgIpc) is 2.57. The number of ether oxygens (including phenoxy) is 2. The van der Waals surface area contributed by atoms with Crippen LogP contribution in [-0.4, -0.2) is 14.2 Å². The minimum atomic E-state index is -0.305. The molecule has 16 heavy (non-hydrogen) atoms. The van der Waals surface area contributed by atoms with Gasteiger partial charge in [0.15, 0.2) is 11.6 Å². The Balaban J connectivity index is 2.91. The predicted molar refractivity (Wildman–Crippen MR) is 64.4 cm³/mol. The summed E-state index contributed by atoms with van der Waals surface area (Å²) >= 11 is 1.54. The van der Waals surface area contributed by atoms with Crippen LogP contribution < -0.4 is 9.47 Å². The number of hydrogen-bond donors (Lipinski definition) is 0. The van der Waals surface area contributed by atoms with Crippen LogP contribution in [0.4, 0.5) is 4.39 Å². The Morgan fingerprint density at radius 1 is 1.12 bits per heavy atom. The summed E-state index contributed by atoms with van der Waals surface area (Å²) in [5.41, 5.74) is 0.953. The molecule has 2 aromatic rings. The minimum Gasteiger partial charge on any atom is -0.495 e. The smallest absolute Gasteiger partial charge is 0.174 e. The fraction of sp³-hybridized carbons (Fsp3) is 0.333. The molecule has 0 saturated heterocycles. The third-order valence-electron chi connectivity index (χ3n) is 2.75. The van der Waals surface area contributed by atoms with Gasteiger partial charge >= 0.3 is 0 Å². The Morgan fingerprint density at radius 3 is 2.31 bits per heavy atom. The highest BCUT2D eigenvalue weighted by Crippen LogP contribution is 2.42. The van der Waals surface area contributed by atoms with Crippen molar-refractivity contribution in [1.82, 2.24) is 0 Å². The predicted octanol–water partition coefficient (Wildman–Crippen LogP) is 3.67. The number of benzene rings is 1. The third kappa shape index (κ3) is 1.45. The number of rotatable bonds is 2. The summed E-state index contributed by atoms with van der Waals surface area (Å²) in [6.45, 7) is 3.89. The Kier molecular flexibility index (Phi) is 2.76. The number of thiophene rings is 1. The summed E-state index contributed by atoms with van der Waals surface area (Å²) in [4.78, 5) is 1.10. The summed E-state index contributed by atoms with van der Waals surface area (Å²) < 4.78 is 25.2. The number of aryl methyl sites for hydroxylation is 2. The summed E-state index contributed by atoms with van der Waals surface area (Å²) in [5.74, 6) is 0.583. The van der Waals surface area contributed by atoms with Crippen LogP contribution in [0.3, 0.4) is 0 Å². The molecule has 2 nitrogen and oxygen atoms in total. The number of methoxy groups -OCH3 is 2. The van der Waals surface area contributed by atoms with Crippen molar-refractivity contribution in [3.05, 3.63) is 22.3 Å². The summed E-state index contributed by atoms with van der Waals surface area (Å²) in [6.07, 6.45) is 0. The lowest BCUT2D eigenvalue weighted by molar-refractivity contribution is 0.378. The molecule has 0 N–H and O–H groups in total. The standard InChI is InChI=1S/C12H13FO2S/c1-6-7(2)16-12-9(15-4)5-8(14-3)11(13)10(6)12/h5H,1-4H3. The van der Waals surface area contributed by atoms with Gasteiger partial charge in [-0.15, -0.1) is 11.3 Å². The van der Waals surface area contributed by atoms with Crippen LogP contribution in [0.1, 0.15) is 10.4 Å². The van der Waals surface area contributed by atoms with Gasteiger partial charge in [0.1, 0.15) is 5.75 Å². The van der Waals surface area contributed by atoms with E-state index in [0.29, 0.717) is 11.1 Å². The van der Waals surface area contributed by atoms with E-state index in [4.69, 9.17) is 9.47 Å². The van der Waals surface area contributed by atoms with Crippen molar-refractivity contribution in [3.8, 4) is 11.5 Å². The number of hydrogen-bond acceptors (Lipinski definition) is 3. The molecule has 0 bridgehead atoms. The summed E-state index contributed by atoms with van der Waals surface area (Å²) in [6, 6.07) is 1.59. The molecule has 0 unspecified atom stereocenters. The molecular formula is C12H13FO2S. The van der Waals surface area contributed by atoms with Crippen LogP contribution in [0.15, 0.2) is 6.07 Å². The summed E-state index contributed by atoms with van der Waals surface area (Å²) in [5, 5.41) is 0.610. The maximum absolute atomic E-state index is 14.1. The van der Waals surface area contributed by atoms with E-state index in [-0.39, 0.29) is 11.6 Å². The monoisotopic (exact) mass is 240 g/mol. The molecule has 0 aliphatic rings. The molecule has 0 amide bonds. The van der Waals surface area contributed by atoms with E-state index in [1.807, 2.05) is 13.8 Å². The molecule has 0 fully saturated rings. The second-order valence-corrected chi connectivity index (χ2v) is 4.81. The zero-order valence-electron chi connectivity index (χ0n) is 9.68. The van der Waals surface area contributed by atoms with Gasteiger partial charge in [-0.05, 0) is 19.4 Å². The van der Waals surface area contributed by atoms with Crippen molar-refractivity contribution in [3.63, 3.8) is 0 Å². The highest BCUT2D eigenvalue weighted by molar-refractivity contribution is 7.19. The van der Waals surface area contributed by atoms with Gasteiger partial charge in [-0.1, -0.05) is 0 Å². The fourth-order valence-corrected chi connectivity index (χ4v) is 2.89. The molecule has 4 heteroatoms. The van der Waals surface area contributed by atoms with Crippen LogP contribution >= 0.6 is 11.3 Å². The molecule has 1 aromatic heterocycles.